The number of anilines is 1. The van der Waals surface area contributed by atoms with Gasteiger partial charge in [0.05, 0.1) is 4.92 Å². The average Bonchev–Trinajstić information content (AvgIpc) is 2.95. The Morgan fingerprint density at radius 3 is 2.70 bits per heavy atom. The summed E-state index contributed by atoms with van der Waals surface area (Å²) in [6, 6.07) is 16.4. The molecule has 7 heteroatoms. The molecule has 116 valence electrons. The lowest BCUT2D eigenvalue weighted by atomic mass is 10.2. The third kappa shape index (κ3) is 3.69. The molecule has 0 saturated carbocycles. The van der Waals surface area contributed by atoms with E-state index in [2.05, 4.69) is 4.98 Å². The highest BCUT2D eigenvalue weighted by atomic mass is 32.2. The summed E-state index contributed by atoms with van der Waals surface area (Å²) < 4.78 is 0.854. The summed E-state index contributed by atoms with van der Waals surface area (Å²) in [7, 11) is 0. The molecule has 5 nitrogen and oxygen atoms in total. The number of non-ortho nitro benzene ring substituents is 1. The van der Waals surface area contributed by atoms with E-state index in [-0.39, 0.29) is 10.6 Å². The zero-order valence-corrected chi connectivity index (χ0v) is 13.6. The van der Waals surface area contributed by atoms with Crippen LogP contribution in [-0.4, -0.2) is 9.91 Å². The molecule has 1 heterocycles. The lowest BCUT2D eigenvalue weighted by Crippen LogP contribution is -1.89. The Morgan fingerprint density at radius 2 is 1.96 bits per heavy atom. The van der Waals surface area contributed by atoms with Gasteiger partial charge >= 0.3 is 0 Å². The van der Waals surface area contributed by atoms with Crippen LogP contribution in [0.15, 0.2) is 58.9 Å². The van der Waals surface area contributed by atoms with E-state index in [1.807, 2.05) is 36.4 Å². The maximum atomic E-state index is 10.8. The van der Waals surface area contributed by atoms with Crippen LogP contribution >= 0.6 is 23.1 Å². The topological polar surface area (TPSA) is 82.0 Å². The van der Waals surface area contributed by atoms with Crippen molar-refractivity contribution in [2.24, 2.45) is 0 Å². The molecule has 3 aromatic rings. The van der Waals surface area contributed by atoms with Crippen molar-refractivity contribution in [2.75, 3.05) is 5.73 Å². The summed E-state index contributed by atoms with van der Waals surface area (Å²) >= 11 is 2.96. The number of aromatic nitrogens is 1. The molecular formula is C16H13N3O2S2. The number of thiazole rings is 1. The van der Waals surface area contributed by atoms with Gasteiger partial charge in [0.2, 0.25) is 0 Å². The van der Waals surface area contributed by atoms with E-state index in [4.69, 9.17) is 5.73 Å². The SMILES string of the molecule is Nc1sc(SCc2cccc([N+](=O)[O-])c2)nc1-c1ccccc1. The Bertz CT molecular complexity index is 834. The highest BCUT2D eigenvalue weighted by Gasteiger charge is 2.12. The van der Waals surface area contributed by atoms with Crippen molar-refractivity contribution in [1.29, 1.82) is 0 Å². The van der Waals surface area contributed by atoms with Crippen LogP contribution < -0.4 is 5.73 Å². The number of benzene rings is 2. The number of thioether (sulfide) groups is 1. The van der Waals surface area contributed by atoms with Crippen molar-refractivity contribution in [3.8, 4) is 11.3 Å². The van der Waals surface area contributed by atoms with Gasteiger partial charge in [-0.15, -0.1) is 0 Å². The first-order valence-corrected chi connectivity index (χ1v) is 8.61. The normalized spacial score (nSPS) is 10.6. The number of nitrogens with zero attached hydrogens (tertiary/aromatic N) is 2. The number of nitro benzene ring substituents is 1. The standard InChI is InChI=1S/C16H13N3O2S2/c17-15-14(12-6-2-1-3-7-12)18-16(23-15)22-10-11-5-4-8-13(9-11)19(20)21/h1-9H,10,17H2. The Kier molecular flexibility index (Phi) is 4.59. The summed E-state index contributed by atoms with van der Waals surface area (Å²) in [4.78, 5) is 15.0. The minimum atomic E-state index is -0.386. The second-order valence-electron chi connectivity index (χ2n) is 4.77. The zero-order chi connectivity index (χ0) is 16.2. The molecule has 2 aromatic carbocycles. The van der Waals surface area contributed by atoms with Crippen LogP contribution in [0.4, 0.5) is 10.7 Å². The first kappa shape index (κ1) is 15.5. The van der Waals surface area contributed by atoms with E-state index in [0.29, 0.717) is 10.8 Å². The largest absolute Gasteiger partial charge is 0.389 e. The molecule has 0 unspecified atom stereocenters. The molecule has 3 rings (SSSR count). The molecule has 0 fully saturated rings. The summed E-state index contributed by atoms with van der Waals surface area (Å²) in [6.07, 6.45) is 0. The fourth-order valence-corrected chi connectivity index (χ4v) is 3.97. The fourth-order valence-electron chi connectivity index (χ4n) is 2.08. The molecule has 0 bridgehead atoms. The molecule has 23 heavy (non-hydrogen) atoms. The predicted molar refractivity (Wildman–Crippen MR) is 94.6 cm³/mol. The monoisotopic (exact) mass is 343 g/mol. The van der Waals surface area contributed by atoms with Crippen molar-refractivity contribution in [1.82, 2.24) is 4.98 Å². The van der Waals surface area contributed by atoms with Gasteiger partial charge in [0.25, 0.3) is 5.69 Å². The van der Waals surface area contributed by atoms with Gasteiger partial charge in [-0.1, -0.05) is 65.6 Å². The van der Waals surface area contributed by atoms with E-state index in [9.17, 15) is 10.1 Å². The first-order valence-electron chi connectivity index (χ1n) is 6.81. The van der Waals surface area contributed by atoms with Crippen LogP contribution in [0.2, 0.25) is 0 Å². The zero-order valence-electron chi connectivity index (χ0n) is 12.0. The predicted octanol–water partition coefficient (Wildman–Crippen LogP) is 4.59. The summed E-state index contributed by atoms with van der Waals surface area (Å²) in [5.41, 5.74) is 8.83. The smallest absolute Gasteiger partial charge is 0.269 e. The van der Waals surface area contributed by atoms with E-state index in [1.165, 1.54) is 29.2 Å². The van der Waals surface area contributed by atoms with Crippen molar-refractivity contribution in [3.63, 3.8) is 0 Å². The van der Waals surface area contributed by atoms with Gasteiger partial charge in [-0.05, 0) is 5.56 Å². The maximum Gasteiger partial charge on any atom is 0.269 e. The van der Waals surface area contributed by atoms with Crippen molar-refractivity contribution < 1.29 is 4.92 Å². The van der Waals surface area contributed by atoms with Crippen LogP contribution in [0.25, 0.3) is 11.3 Å². The molecule has 2 N–H and O–H groups in total. The van der Waals surface area contributed by atoms with Gasteiger partial charge in [0.1, 0.15) is 10.7 Å². The Labute approximate surface area is 141 Å². The molecule has 0 saturated heterocycles. The third-order valence-electron chi connectivity index (χ3n) is 3.16. The van der Waals surface area contributed by atoms with Crippen LogP contribution in [-0.2, 0) is 5.75 Å². The van der Waals surface area contributed by atoms with Gasteiger partial charge in [-0.2, -0.15) is 0 Å². The minimum absolute atomic E-state index is 0.103. The van der Waals surface area contributed by atoms with E-state index in [0.717, 1.165) is 21.2 Å². The number of nitro groups is 1. The third-order valence-corrected chi connectivity index (χ3v) is 5.26. The Balaban J connectivity index is 1.75. The highest BCUT2D eigenvalue weighted by molar-refractivity contribution is 8.00. The van der Waals surface area contributed by atoms with Gasteiger partial charge in [0, 0.05) is 23.4 Å². The van der Waals surface area contributed by atoms with Crippen LogP contribution in [0.1, 0.15) is 5.56 Å². The van der Waals surface area contributed by atoms with Crippen LogP contribution in [0, 0.1) is 10.1 Å². The number of hydrogen-bond acceptors (Lipinski definition) is 6. The molecule has 1 aromatic heterocycles. The molecule has 0 amide bonds. The second kappa shape index (κ2) is 6.80. The van der Waals surface area contributed by atoms with Gasteiger partial charge in [-0.3, -0.25) is 10.1 Å². The lowest BCUT2D eigenvalue weighted by Gasteiger charge is -1.99. The maximum absolute atomic E-state index is 10.8. The lowest BCUT2D eigenvalue weighted by molar-refractivity contribution is -0.384. The molecule has 0 radical (unpaired) electrons. The molecule has 0 aliphatic carbocycles. The van der Waals surface area contributed by atoms with E-state index >= 15 is 0 Å². The van der Waals surface area contributed by atoms with E-state index in [1.54, 1.807) is 12.1 Å². The molecule has 0 aliphatic heterocycles. The van der Waals surface area contributed by atoms with Crippen molar-refractivity contribution in [2.45, 2.75) is 10.1 Å². The fraction of sp³-hybridized carbons (Fsp3) is 0.0625. The number of rotatable bonds is 5. The second-order valence-corrected chi connectivity index (χ2v) is 7.03. The molecular weight excluding hydrogens is 330 g/mol. The summed E-state index contributed by atoms with van der Waals surface area (Å²) in [6.45, 7) is 0. The molecule has 0 spiro atoms. The quantitative estimate of drug-likeness (QED) is 0.416. The van der Waals surface area contributed by atoms with Gasteiger partial charge < -0.3 is 5.73 Å². The number of nitrogen functional groups attached to an aromatic ring is 1. The first-order chi connectivity index (χ1) is 11.1. The average molecular weight is 343 g/mol. The van der Waals surface area contributed by atoms with Crippen LogP contribution in [0.5, 0.6) is 0 Å². The van der Waals surface area contributed by atoms with Gasteiger partial charge in [-0.25, -0.2) is 4.98 Å². The Morgan fingerprint density at radius 1 is 1.17 bits per heavy atom. The molecule has 0 atom stereocenters. The van der Waals surface area contributed by atoms with Crippen molar-refractivity contribution in [3.05, 3.63) is 70.3 Å². The number of nitrogens with two attached hydrogens (primary N) is 1. The summed E-state index contributed by atoms with van der Waals surface area (Å²) in [5, 5.41) is 11.5. The Hall–Kier alpha value is -2.38. The summed E-state index contributed by atoms with van der Waals surface area (Å²) in [5.74, 6) is 0.614. The highest BCUT2D eigenvalue weighted by Crippen LogP contribution is 2.36. The number of hydrogen-bond donors (Lipinski definition) is 1. The minimum Gasteiger partial charge on any atom is -0.389 e. The van der Waals surface area contributed by atoms with E-state index < -0.39 is 0 Å². The molecule has 0 aliphatic rings. The van der Waals surface area contributed by atoms with Gasteiger partial charge in [0.15, 0.2) is 4.34 Å². The van der Waals surface area contributed by atoms with Crippen LogP contribution in [0.3, 0.4) is 0 Å². The van der Waals surface area contributed by atoms with Crippen molar-refractivity contribution >= 4 is 33.8 Å².